The Hall–Kier alpha value is -0.770. The zero-order valence-electron chi connectivity index (χ0n) is 12.7. The Kier molecular flexibility index (Phi) is 3.93. The first-order valence-electron chi connectivity index (χ1n) is 7.75. The number of hydrogen-bond donors (Lipinski definition) is 2. The summed E-state index contributed by atoms with van der Waals surface area (Å²) in [7, 11) is 4.10. The number of phenols is 1. The maximum absolute atomic E-state index is 11.5. The number of aromatic hydroxyl groups is 1. The Morgan fingerprint density at radius 3 is 2.71 bits per heavy atom. The van der Waals surface area contributed by atoms with Crippen molar-refractivity contribution in [3.05, 3.63) is 28.8 Å². The molecule has 3 rings (SSSR count). The molecule has 116 valence electrons. The highest BCUT2D eigenvalue weighted by Gasteiger charge is 2.51. The number of nitrogens with zero attached hydrogens (tertiary/aromatic N) is 1. The molecule has 2 saturated carbocycles. The van der Waals surface area contributed by atoms with E-state index in [0.717, 1.165) is 18.5 Å². The van der Waals surface area contributed by atoms with E-state index in [2.05, 4.69) is 19.0 Å². The van der Waals surface area contributed by atoms with Crippen molar-refractivity contribution in [3.63, 3.8) is 0 Å². The summed E-state index contributed by atoms with van der Waals surface area (Å²) in [5.41, 5.74) is -0.104. The summed E-state index contributed by atoms with van der Waals surface area (Å²) in [6.07, 6.45) is 4.43. The molecule has 0 radical (unpaired) electrons. The summed E-state index contributed by atoms with van der Waals surface area (Å²) in [6.45, 7) is 0.862. The molecule has 4 heteroatoms. The summed E-state index contributed by atoms with van der Waals surface area (Å²) in [4.78, 5) is 2.15. The monoisotopic (exact) mass is 309 g/mol. The number of benzene rings is 1. The number of rotatable bonds is 3. The second-order valence-corrected chi connectivity index (χ2v) is 7.57. The van der Waals surface area contributed by atoms with Gasteiger partial charge in [-0.2, -0.15) is 0 Å². The highest BCUT2D eigenvalue weighted by molar-refractivity contribution is 6.30. The minimum absolute atomic E-state index is 0.132. The van der Waals surface area contributed by atoms with Crippen LogP contribution in [0.5, 0.6) is 5.75 Å². The van der Waals surface area contributed by atoms with Crippen LogP contribution in [0.3, 0.4) is 0 Å². The van der Waals surface area contributed by atoms with Gasteiger partial charge in [-0.1, -0.05) is 18.0 Å². The van der Waals surface area contributed by atoms with Crippen LogP contribution >= 0.6 is 11.6 Å². The molecule has 3 nitrogen and oxygen atoms in total. The van der Waals surface area contributed by atoms with Crippen molar-refractivity contribution < 1.29 is 10.2 Å². The first kappa shape index (κ1) is 15.1. The molecule has 0 saturated heterocycles. The lowest BCUT2D eigenvalue weighted by Gasteiger charge is -2.45. The fraction of sp³-hybridized carbons (Fsp3) is 0.647. The minimum atomic E-state index is -0.878. The number of phenolic OH excluding ortho intramolecular Hbond substituents is 1. The van der Waals surface area contributed by atoms with Gasteiger partial charge in [0.05, 0.1) is 5.60 Å². The van der Waals surface area contributed by atoms with Crippen LogP contribution in [0.25, 0.3) is 0 Å². The van der Waals surface area contributed by atoms with E-state index in [1.54, 1.807) is 6.07 Å². The summed E-state index contributed by atoms with van der Waals surface area (Å²) >= 11 is 6.09. The Morgan fingerprint density at radius 1 is 1.29 bits per heavy atom. The van der Waals surface area contributed by atoms with Crippen molar-refractivity contribution in [3.8, 4) is 5.75 Å². The van der Waals surface area contributed by atoms with Crippen LogP contribution in [0.15, 0.2) is 18.2 Å². The largest absolute Gasteiger partial charge is 0.508 e. The van der Waals surface area contributed by atoms with Crippen LogP contribution in [0.2, 0.25) is 5.02 Å². The first-order valence-corrected chi connectivity index (χ1v) is 8.13. The molecule has 0 aromatic heterocycles. The average Bonchev–Trinajstić information content (AvgIpc) is 2.77. The standard InChI is InChI=1S/C17H24ClNO2/c1-19(2)10-16-12-4-3-11(5-12)9-17(16,21)13-6-14(18)8-15(20)7-13/h6-8,11-12,16,20-21H,3-5,9-10H2,1-2H3. The molecule has 0 amide bonds. The number of aliphatic hydroxyl groups is 1. The molecule has 2 fully saturated rings. The molecular formula is C17H24ClNO2. The highest BCUT2D eigenvalue weighted by Crippen LogP contribution is 2.54. The third-order valence-electron chi connectivity index (χ3n) is 5.31. The zero-order chi connectivity index (χ0) is 15.2. The lowest BCUT2D eigenvalue weighted by Crippen LogP contribution is -2.47. The minimum Gasteiger partial charge on any atom is -0.508 e. The van der Waals surface area contributed by atoms with Crippen LogP contribution in [-0.2, 0) is 5.60 Å². The molecule has 2 aliphatic rings. The van der Waals surface area contributed by atoms with Gasteiger partial charge in [0, 0.05) is 17.5 Å². The molecule has 2 N–H and O–H groups in total. The van der Waals surface area contributed by atoms with Crippen molar-refractivity contribution in [2.45, 2.75) is 31.3 Å². The fourth-order valence-electron chi connectivity index (χ4n) is 4.50. The second-order valence-electron chi connectivity index (χ2n) is 7.13. The van der Waals surface area contributed by atoms with Gasteiger partial charge in [-0.05, 0) is 69.0 Å². The van der Waals surface area contributed by atoms with Crippen LogP contribution in [0.4, 0.5) is 0 Å². The van der Waals surface area contributed by atoms with Gasteiger partial charge >= 0.3 is 0 Å². The summed E-state index contributed by atoms with van der Waals surface area (Å²) in [5.74, 6) is 1.49. The van der Waals surface area contributed by atoms with E-state index in [1.165, 1.54) is 25.3 Å². The van der Waals surface area contributed by atoms with Crippen LogP contribution in [-0.4, -0.2) is 35.8 Å². The van der Waals surface area contributed by atoms with E-state index in [9.17, 15) is 10.2 Å². The van der Waals surface area contributed by atoms with Crippen LogP contribution < -0.4 is 0 Å². The van der Waals surface area contributed by atoms with Crippen LogP contribution in [0, 0.1) is 17.8 Å². The zero-order valence-corrected chi connectivity index (χ0v) is 13.5. The van der Waals surface area contributed by atoms with Gasteiger partial charge in [0.15, 0.2) is 0 Å². The van der Waals surface area contributed by atoms with Gasteiger partial charge in [0.1, 0.15) is 5.75 Å². The molecule has 4 unspecified atom stereocenters. The van der Waals surface area contributed by atoms with Crippen molar-refractivity contribution in [2.24, 2.45) is 17.8 Å². The van der Waals surface area contributed by atoms with Crippen molar-refractivity contribution in [1.82, 2.24) is 4.90 Å². The normalized spacial score (nSPS) is 35.4. The van der Waals surface area contributed by atoms with Gasteiger partial charge < -0.3 is 15.1 Å². The van der Waals surface area contributed by atoms with Gasteiger partial charge in [-0.25, -0.2) is 0 Å². The molecule has 2 aliphatic carbocycles. The average molecular weight is 310 g/mol. The lowest BCUT2D eigenvalue weighted by molar-refractivity contribution is -0.0892. The number of halogens is 1. The molecule has 1 aromatic rings. The Balaban J connectivity index is 2.02. The van der Waals surface area contributed by atoms with Crippen LogP contribution in [0.1, 0.15) is 31.2 Å². The molecule has 0 heterocycles. The summed E-state index contributed by atoms with van der Waals surface area (Å²) in [6, 6.07) is 5.01. The van der Waals surface area contributed by atoms with Gasteiger partial charge in [-0.15, -0.1) is 0 Å². The van der Waals surface area contributed by atoms with Gasteiger partial charge in [0.25, 0.3) is 0 Å². The van der Waals surface area contributed by atoms with Crippen molar-refractivity contribution in [1.29, 1.82) is 0 Å². The topological polar surface area (TPSA) is 43.7 Å². The van der Waals surface area contributed by atoms with E-state index in [-0.39, 0.29) is 11.7 Å². The molecule has 2 bridgehead atoms. The molecule has 0 spiro atoms. The molecular weight excluding hydrogens is 286 g/mol. The van der Waals surface area contributed by atoms with E-state index in [4.69, 9.17) is 11.6 Å². The Morgan fingerprint density at radius 2 is 2.05 bits per heavy atom. The maximum atomic E-state index is 11.5. The maximum Gasteiger partial charge on any atom is 0.117 e. The van der Waals surface area contributed by atoms with E-state index >= 15 is 0 Å². The van der Waals surface area contributed by atoms with Crippen molar-refractivity contribution in [2.75, 3.05) is 20.6 Å². The van der Waals surface area contributed by atoms with Crippen molar-refractivity contribution >= 4 is 11.6 Å². The number of hydrogen-bond acceptors (Lipinski definition) is 3. The predicted molar refractivity (Wildman–Crippen MR) is 84.5 cm³/mol. The second kappa shape index (κ2) is 5.45. The lowest BCUT2D eigenvalue weighted by atomic mass is 9.66. The first-order chi connectivity index (χ1) is 9.88. The van der Waals surface area contributed by atoms with E-state index < -0.39 is 5.60 Å². The molecule has 21 heavy (non-hydrogen) atoms. The van der Waals surface area contributed by atoms with E-state index in [0.29, 0.717) is 16.9 Å². The third-order valence-corrected chi connectivity index (χ3v) is 5.53. The van der Waals surface area contributed by atoms with E-state index in [1.807, 2.05) is 6.07 Å². The third kappa shape index (κ3) is 2.79. The summed E-state index contributed by atoms with van der Waals surface area (Å²) in [5, 5.41) is 21.8. The Labute approximate surface area is 131 Å². The molecule has 0 aliphatic heterocycles. The molecule has 4 atom stereocenters. The Bertz CT molecular complexity index is 513. The van der Waals surface area contributed by atoms with Gasteiger partial charge in [0.2, 0.25) is 0 Å². The smallest absolute Gasteiger partial charge is 0.117 e. The fourth-order valence-corrected chi connectivity index (χ4v) is 4.72. The SMILES string of the molecule is CN(C)CC1C2CCC(C2)CC1(O)c1cc(O)cc(Cl)c1. The predicted octanol–water partition coefficient (Wildman–Crippen LogP) is 3.23. The highest BCUT2D eigenvalue weighted by atomic mass is 35.5. The van der Waals surface area contributed by atoms with Gasteiger partial charge in [-0.3, -0.25) is 0 Å². The summed E-state index contributed by atoms with van der Waals surface area (Å²) < 4.78 is 0. The molecule has 1 aromatic carbocycles. The number of fused-ring (bicyclic) bond motifs is 2. The quantitative estimate of drug-likeness (QED) is 0.901.